The molecule has 0 atom stereocenters. The average molecular weight is 288 g/mol. The van der Waals surface area contributed by atoms with Gasteiger partial charge in [0.15, 0.2) is 0 Å². The van der Waals surface area contributed by atoms with Gasteiger partial charge < -0.3 is 10.1 Å². The van der Waals surface area contributed by atoms with Crippen LogP contribution in [0.4, 0.5) is 0 Å². The van der Waals surface area contributed by atoms with E-state index in [1.165, 1.54) is 25.7 Å². The highest BCUT2D eigenvalue weighted by molar-refractivity contribution is 6.42. The predicted molar refractivity (Wildman–Crippen MR) is 76.8 cm³/mol. The molecule has 0 aromatic heterocycles. The van der Waals surface area contributed by atoms with Crippen LogP contribution in [-0.2, 0) is 0 Å². The summed E-state index contributed by atoms with van der Waals surface area (Å²) in [5, 5.41) is 4.62. The van der Waals surface area contributed by atoms with Crippen LogP contribution in [0.25, 0.3) is 0 Å². The van der Waals surface area contributed by atoms with Crippen molar-refractivity contribution in [3.63, 3.8) is 0 Å². The molecule has 0 unspecified atom stereocenters. The molecule has 2 nitrogen and oxygen atoms in total. The molecule has 0 aliphatic heterocycles. The highest BCUT2D eigenvalue weighted by Crippen LogP contribution is 2.26. The lowest BCUT2D eigenvalue weighted by molar-refractivity contribution is 0.305. The Balaban J connectivity index is 1.52. The standard InChI is InChI=1S/C14H19Cl2NO/c15-13-7-6-12(10-14(13)16)18-9-3-1-2-8-17-11-4-5-11/h6-7,10-11,17H,1-5,8-9H2. The minimum Gasteiger partial charge on any atom is -0.494 e. The Bertz CT molecular complexity index is 380. The van der Waals surface area contributed by atoms with Crippen molar-refractivity contribution < 1.29 is 4.74 Å². The van der Waals surface area contributed by atoms with E-state index >= 15 is 0 Å². The third-order valence-electron chi connectivity index (χ3n) is 2.99. The maximum Gasteiger partial charge on any atom is 0.120 e. The first-order valence-electron chi connectivity index (χ1n) is 6.57. The molecule has 0 bridgehead atoms. The minimum atomic E-state index is 0.544. The Labute approximate surface area is 119 Å². The molecule has 0 amide bonds. The quantitative estimate of drug-likeness (QED) is 0.720. The van der Waals surface area contributed by atoms with Gasteiger partial charge in [-0.2, -0.15) is 0 Å². The lowest BCUT2D eigenvalue weighted by atomic mass is 10.2. The van der Waals surface area contributed by atoms with Crippen LogP contribution in [0.2, 0.25) is 10.0 Å². The molecule has 1 aliphatic carbocycles. The van der Waals surface area contributed by atoms with Crippen LogP contribution in [0.5, 0.6) is 5.75 Å². The number of nitrogens with one attached hydrogen (secondary N) is 1. The zero-order valence-corrected chi connectivity index (χ0v) is 11.9. The highest BCUT2D eigenvalue weighted by Gasteiger charge is 2.19. The van der Waals surface area contributed by atoms with Gasteiger partial charge in [0, 0.05) is 12.1 Å². The molecule has 1 aromatic rings. The van der Waals surface area contributed by atoms with Crippen LogP contribution in [0.3, 0.4) is 0 Å². The molecule has 0 heterocycles. The Hall–Kier alpha value is -0.440. The lowest BCUT2D eigenvalue weighted by Crippen LogP contribution is -2.17. The van der Waals surface area contributed by atoms with Gasteiger partial charge >= 0.3 is 0 Å². The summed E-state index contributed by atoms with van der Waals surface area (Å²) in [4.78, 5) is 0. The van der Waals surface area contributed by atoms with Gasteiger partial charge in [-0.05, 0) is 50.8 Å². The van der Waals surface area contributed by atoms with E-state index in [1.807, 2.05) is 6.07 Å². The van der Waals surface area contributed by atoms with Gasteiger partial charge in [0.1, 0.15) is 5.75 Å². The summed E-state index contributed by atoms with van der Waals surface area (Å²) in [6, 6.07) is 6.19. The molecule has 0 radical (unpaired) electrons. The van der Waals surface area contributed by atoms with Crippen molar-refractivity contribution in [2.24, 2.45) is 0 Å². The van der Waals surface area contributed by atoms with Crippen LogP contribution >= 0.6 is 23.2 Å². The average Bonchev–Trinajstić information content (AvgIpc) is 3.16. The number of ether oxygens (including phenoxy) is 1. The smallest absolute Gasteiger partial charge is 0.120 e. The van der Waals surface area contributed by atoms with E-state index < -0.39 is 0 Å². The van der Waals surface area contributed by atoms with Crippen LogP contribution in [-0.4, -0.2) is 19.2 Å². The first-order chi connectivity index (χ1) is 8.75. The molecule has 2 rings (SSSR count). The summed E-state index contributed by atoms with van der Waals surface area (Å²) in [5.41, 5.74) is 0. The molecule has 1 saturated carbocycles. The largest absolute Gasteiger partial charge is 0.494 e. The van der Waals surface area contributed by atoms with Gasteiger partial charge in [0.05, 0.1) is 16.7 Å². The maximum atomic E-state index is 5.91. The first kappa shape index (κ1) is 14.0. The number of rotatable bonds is 8. The van der Waals surface area contributed by atoms with E-state index in [4.69, 9.17) is 27.9 Å². The normalized spacial score (nSPS) is 14.8. The van der Waals surface area contributed by atoms with Crippen LogP contribution < -0.4 is 10.1 Å². The van der Waals surface area contributed by atoms with E-state index in [-0.39, 0.29) is 0 Å². The van der Waals surface area contributed by atoms with E-state index in [9.17, 15) is 0 Å². The number of halogens is 2. The molecule has 1 fully saturated rings. The van der Waals surface area contributed by atoms with Gasteiger partial charge in [0.2, 0.25) is 0 Å². The second-order valence-corrected chi connectivity index (χ2v) is 5.53. The topological polar surface area (TPSA) is 21.3 Å². The Kier molecular flexibility index (Phi) is 5.61. The van der Waals surface area contributed by atoms with E-state index in [0.717, 1.165) is 31.4 Å². The summed E-state index contributed by atoms with van der Waals surface area (Å²) in [7, 11) is 0. The summed E-state index contributed by atoms with van der Waals surface area (Å²) in [5.74, 6) is 0.792. The summed E-state index contributed by atoms with van der Waals surface area (Å²) in [6.07, 6.45) is 6.22. The predicted octanol–water partition coefficient (Wildman–Crippen LogP) is 4.29. The van der Waals surface area contributed by atoms with E-state index in [2.05, 4.69) is 5.32 Å². The van der Waals surface area contributed by atoms with Crippen LogP contribution in [0.15, 0.2) is 18.2 Å². The summed E-state index contributed by atoms with van der Waals surface area (Å²) < 4.78 is 5.62. The SMILES string of the molecule is Clc1ccc(OCCCCCNC2CC2)cc1Cl. The molecular weight excluding hydrogens is 269 g/mol. The van der Waals surface area contributed by atoms with Gasteiger partial charge in [-0.25, -0.2) is 0 Å². The lowest BCUT2D eigenvalue weighted by Gasteiger charge is -2.07. The van der Waals surface area contributed by atoms with E-state index in [0.29, 0.717) is 10.0 Å². The molecule has 4 heteroatoms. The molecule has 100 valence electrons. The van der Waals surface area contributed by atoms with E-state index in [1.54, 1.807) is 12.1 Å². The zero-order chi connectivity index (χ0) is 12.8. The van der Waals surface area contributed by atoms with Crippen molar-refractivity contribution in [3.8, 4) is 5.75 Å². The van der Waals surface area contributed by atoms with Gasteiger partial charge in [-0.3, -0.25) is 0 Å². The fraction of sp³-hybridized carbons (Fsp3) is 0.571. The van der Waals surface area contributed by atoms with Crippen molar-refractivity contribution in [3.05, 3.63) is 28.2 Å². The fourth-order valence-electron chi connectivity index (χ4n) is 1.75. The zero-order valence-electron chi connectivity index (χ0n) is 10.4. The van der Waals surface area contributed by atoms with Gasteiger partial charge in [-0.15, -0.1) is 0 Å². The minimum absolute atomic E-state index is 0.544. The van der Waals surface area contributed by atoms with Crippen molar-refractivity contribution in [1.29, 1.82) is 0 Å². The number of hydrogen-bond acceptors (Lipinski definition) is 2. The number of unbranched alkanes of at least 4 members (excludes halogenated alkanes) is 2. The van der Waals surface area contributed by atoms with Crippen molar-refractivity contribution in [2.75, 3.05) is 13.2 Å². The second kappa shape index (κ2) is 7.22. The van der Waals surface area contributed by atoms with Gasteiger partial charge in [0.25, 0.3) is 0 Å². The van der Waals surface area contributed by atoms with Crippen molar-refractivity contribution >= 4 is 23.2 Å². The molecule has 1 aliphatic rings. The molecule has 0 saturated heterocycles. The van der Waals surface area contributed by atoms with Gasteiger partial charge in [-0.1, -0.05) is 23.2 Å². The summed E-state index contributed by atoms with van der Waals surface area (Å²) in [6.45, 7) is 1.87. The summed E-state index contributed by atoms with van der Waals surface area (Å²) >= 11 is 11.7. The fourth-order valence-corrected chi connectivity index (χ4v) is 2.04. The Morgan fingerprint density at radius 2 is 1.94 bits per heavy atom. The second-order valence-electron chi connectivity index (χ2n) is 4.71. The van der Waals surface area contributed by atoms with Crippen molar-refractivity contribution in [2.45, 2.75) is 38.1 Å². The molecule has 0 spiro atoms. The Morgan fingerprint density at radius 3 is 2.67 bits per heavy atom. The molecule has 1 aromatic carbocycles. The number of hydrogen-bond donors (Lipinski definition) is 1. The molecular formula is C14H19Cl2NO. The maximum absolute atomic E-state index is 5.91. The highest BCUT2D eigenvalue weighted by atomic mass is 35.5. The molecule has 18 heavy (non-hydrogen) atoms. The third-order valence-corrected chi connectivity index (χ3v) is 3.73. The van der Waals surface area contributed by atoms with Crippen molar-refractivity contribution in [1.82, 2.24) is 5.32 Å². The monoisotopic (exact) mass is 287 g/mol. The Morgan fingerprint density at radius 1 is 1.11 bits per heavy atom. The van der Waals surface area contributed by atoms with Crippen LogP contribution in [0, 0.1) is 0 Å². The molecule has 1 N–H and O–H groups in total. The first-order valence-corrected chi connectivity index (χ1v) is 7.32. The van der Waals surface area contributed by atoms with Crippen LogP contribution in [0.1, 0.15) is 32.1 Å². The third kappa shape index (κ3) is 5.05. The number of benzene rings is 1.